The van der Waals surface area contributed by atoms with Gasteiger partial charge in [0.05, 0.1) is 18.3 Å². The Hall–Kier alpha value is -2.37. The Morgan fingerprint density at radius 1 is 1.31 bits per heavy atom. The molecule has 2 aliphatic heterocycles. The molecule has 2 saturated heterocycles. The minimum absolute atomic E-state index is 0.119. The number of rotatable bonds is 4. The largest absolute Gasteiger partial charge is 0.361 e. The lowest BCUT2D eigenvalue weighted by Crippen LogP contribution is -2.53. The molecule has 0 spiro atoms. The Bertz CT molecular complexity index is 906. The fourth-order valence-corrected chi connectivity index (χ4v) is 5.29. The second kappa shape index (κ2) is 7.47. The van der Waals surface area contributed by atoms with Gasteiger partial charge < -0.3 is 9.80 Å². The van der Waals surface area contributed by atoms with E-state index in [4.69, 9.17) is 0 Å². The van der Waals surface area contributed by atoms with Crippen molar-refractivity contribution in [3.05, 3.63) is 47.5 Å². The van der Waals surface area contributed by atoms with Gasteiger partial charge in [0, 0.05) is 36.9 Å². The standard InChI is InChI=1S/C23H31FN4O/c1-16-17(15-25-26(16)4)10-11-22(29)27-12-6-9-20-21(27)14-23(2,3)28(20)19-8-5-7-18(24)13-19/h5,7-8,13,15,20-21H,6,9-12,14H2,1-4H3/t20-,21-/m0/s1. The number of carbonyl (C=O) groups excluding carboxylic acids is 1. The number of hydrogen-bond acceptors (Lipinski definition) is 3. The first-order chi connectivity index (χ1) is 13.8. The van der Waals surface area contributed by atoms with Gasteiger partial charge in [-0.2, -0.15) is 5.10 Å². The average molecular weight is 399 g/mol. The topological polar surface area (TPSA) is 41.4 Å². The number of fused-ring (bicyclic) bond motifs is 1. The number of likely N-dealkylation sites (tertiary alicyclic amines) is 1. The highest BCUT2D eigenvalue weighted by atomic mass is 19.1. The van der Waals surface area contributed by atoms with Crippen LogP contribution in [0.5, 0.6) is 0 Å². The summed E-state index contributed by atoms with van der Waals surface area (Å²) < 4.78 is 15.8. The van der Waals surface area contributed by atoms with Crippen LogP contribution >= 0.6 is 0 Å². The van der Waals surface area contributed by atoms with Crippen LogP contribution in [-0.4, -0.2) is 44.8 Å². The molecule has 6 heteroatoms. The number of aromatic nitrogens is 2. The molecule has 4 rings (SSSR count). The second-order valence-electron chi connectivity index (χ2n) is 9.11. The predicted octanol–water partition coefficient (Wildman–Crippen LogP) is 3.85. The van der Waals surface area contributed by atoms with E-state index in [9.17, 15) is 9.18 Å². The molecule has 0 radical (unpaired) electrons. The summed E-state index contributed by atoms with van der Waals surface area (Å²) in [5, 5.41) is 4.28. The number of aryl methyl sites for hydroxylation is 2. The zero-order valence-electron chi connectivity index (χ0n) is 17.9. The fraction of sp³-hybridized carbons (Fsp3) is 0.565. The summed E-state index contributed by atoms with van der Waals surface area (Å²) in [4.78, 5) is 17.6. The van der Waals surface area contributed by atoms with E-state index >= 15 is 0 Å². The van der Waals surface area contributed by atoms with Gasteiger partial charge in [0.1, 0.15) is 5.82 Å². The predicted molar refractivity (Wildman–Crippen MR) is 112 cm³/mol. The molecule has 2 aliphatic rings. The van der Waals surface area contributed by atoms with Gasteiger partial charge in [0.2, 0.25) is 5.91 Å². The Labute approximate surface area is 172 Å². The minimum atomic E-state index is -0.211. The number of nitrogens with zero attached hydrogens (tertiary/aromatic N) is 4. The van der Waals surface area contributed by atoms with Crippen LogP contribution in [0.1, 0.15) is 50.8 Å². The summed E-state index contributed by atoms with van der Waals surface area (Å²) in [6.45, 7) is 7.27. The smallest absolute Gasteiger partial charge is 0.223 e. The van der Waals surface area contributed by atoms with E-state index in [1.165, 1.54) is 6.07 Å². The monoisotopic (exact) mass is 398 g/mol. The first-order valence-electron chi connectivity index (χ1n) is 10.6. The molecule has 1 amide bonds. The molecule has 3 heterocycles. The number of amides is 1. The summed E-state index contributed by atoms with van der Waals surface area (Å²) in [7, 11) is 1.93. The van der Waals surface area contributed by atoms with Crippen molar-refractivity contribution in [1.29, 1.82) is 0 Å². The van der Waals surface area contributed by atoms with Crippen LogP contribution in [-0.2, 0) is 18.3 Å². The number of halogens is 1. The normalized spacial score (nSPS) is 23.3. The molecule has 5 nitrogen and oxygen atoms in total. The average Bonchev–Trinajstić information content (AvgIpc) is 3.14. The van der Waals surface area contributed by atoms with Crippen LogP contribution in [0.2, 0.25) is 0 Å². The molecule has 2 fully saturated rings. The van der Waals surface area contributed by atoms with E-state index in [2.05, 4.69) is 28.7 Å². The molecule has 2 aromatic rings. The van der Waals surface area contributed by atoms with E-state index in [1.54, 1.807) is 12.1 Å². The van der Waals surface area contributed by atoms with E-state index in [0.717, 1.165) is 49.2 Å². The van der Waals surface area contributed by atoms with Crippen LogP contribution in [0, 0.1) is 12.7 Å². The Morgan fingerprint density at radius 3 is 2.79 bits per heavy atom. The zero-order valence-corrected chi connectivity index (χ0v) is 17.9. The van der Waals surface area contributed by atoms with Crippen molar-refractivity contribution in [2.24, 2.45) is 7.05 Å². The first-order valence-corrected chi connectivity index (χ1v) is 10.6. The van der Waals surface area contributed by atoms with E-state index < -0.39 is 0 Å². The van der Waals surface area contributed by atoms with Gasteiger partial charge in [0.15, 0.2) is 0 Å². The molecule has 1 aromatic carbocycles. The highest BCUT2D eigenvalue weighted by Gasteiger charge is 2.50. The van der Waals surface area contributed by atoms with Crippen molar-refractivity contribution in [1.82, 2.24) is 14.7 Å². The third-order valence-electron chi connectivity index (χ3n) is 6.79. The van der Waals surface area contributed by atoms with Crippen molar-refractivity contribution in [2.45, 2.75) is 70.5 Å². The molecule has 0 unspecified atom stereocenters. The molecule has 156 valence electrons. The quantitative estimate of drug-likeness (QED) is 0.786. The highest BCUT2D eigenvalue weighted by Crippen LogP contribution is 2.44. The Kier molecular flexibility index (Phi) is 5.13. The van der Waals surface area contributed by atoms with E-state index in [1.807, 2.05) is 30.9 Å². The molecule has 1 aromatic heterocycles. The Morgan fingerprint density at radius 2 is 2.10 bits per heavy atom. The molecular weight excluding hydrogens is 367 g/mol. The Balaban J connectivity index is 1.52. The van der Waals surface area contributed by atoms with Gasteiger partial charge in [-0.05, 0) is 70.2 Å². The summed E-state index contributed by atoms with van der Waals surface area (Å²) in [6.07, 6.45) is 6.04. The molecule has 0 bridgehead atoms. The molecule has 0 aliphatic carbocycles. The van der Waals surface area contributed by atoms with Gasteiger partial charge >= 0.3 is 0 Å². The lowest BCUT2D eigenvalue weighted by Gasteiger charge is -2.42. The number of piperidine rings is 1. The van der Waals surface area contributed by atoms with E-state index in [0.29, 0.717) is 6.42 Å². The van der Waals surface area contributed by atoms with Gasteiger partial charge in [-0.25, -0.2) is 4.39 Å². The van der Waals surface area contributed by atoms with Gasteiger partial charge in [-0.15, -0.1) is 0 Å². The molecule has 2 atom stereocenters. The molecule has 0 N–H and O–H groups in total. The van der Waals surface area contributed by atoms with Crippen molar-refractivity contribution in [3.63, 3.8) is 0 Å². The third-order valence-corrected chi connectivity index (χ3v) is 6.79. The van der Waals surface area contributed by atoms with Gasteiger partial charge in [-0.3, -0.25) is 9.48 Å². The number of anilines is 1. The second-order valence-corrected chi connectivity index (χ2v) is 9.11. The SMILES string of the molecule is Cc1c(CCC(=O)N2CCC[C@H]3[C@@H]2CC(C)(C)N3c2cccc(F)c2)cnn1C. The van der Waals surface area contributed by atoms with Crippen LogP contribution in [0.4, 0.5) is 10.1 Å². The maximum absolute atomic E-state index is 13.9. The number of hydrogen-bond donors (Lipinski definition) is 0. The van der Waals surface area contributed by atoms with Crippen LogP contribution in [0.15, 0.2) is 30.5 Å². The number of carbonyl (C=O) groups is 1. The molecule has 0 saturated carbocycles. The van der Waals surface area contributed by atoms with Crippen LogP contribution < -0.4 is 4.90 Å². The minimum Gasteiger partial charge on any atom is -0.361 e. The van der Waals surface area contributed by atoms with Crippen LogP contribution in [0.3, 0.4) is 0 Å². The maximum atomic E-state index is 13.9. The number of benzene rings is 1. The van der Waals surface area contributed by atoms with Crippen molar-refractivity contribution in [2.75, 3.05) is 11.4 Å². The summed E-state index contributed by atoms with van der Waals surface area (Å²) in [6, 6.07) is 7.29. The van der Waals surface area contributed by atoms with E-state index in [-0.39, 0.29) is 29.3 Å². The van der Waals surface area contributed by atoms with Crippen molar-refractivity contribution >= 4 is 11.6 Å². The third kappa shape index (κ3) is 3.65. The lowest BCUT2D eigenvalue weighted by molar-refractivity contribution is -0.134. The molecule has 29 heavy (non-hydrogen) atoms. The highest BCUT2D eigenvalue weighted by molar-refractivity contribution is 5.77. The maximum Gasteiger partial charge on any atom is 0.223 e. The van der Waals surface area contributed by atoms with Crippen LogP contribution in [0.25, 0.3) is 0 Å². The van der Waals surface area contributed by atoms with Crippen molar-refractivity contribution < 1.29 is 9.18 Å². The summed E-state index contributed by atoms with van der Waals surface area (Å²) >= 11 is 0. The molecular formula is C23H31FN4O. The summed E-state index contributed by atoms with van der Waals surface area (Å²) in [5.74, 6) is 0.0113. The van der Waals surface area contributed by atoms with Crippen molar-refractivity contribution in [3.8, 4) is 0 Å². The van der Waals surface area contributed by atoms with Gasteiger partial charge in [0.25, 0.3) is 0 Å². The lowest BCUT2D eigenvalue weighted by atomic mass is 9.93. The zero-order chi connectivity index (χ0) is 20.8. The first kappa shape index (κ1) is 19.9. The fourth-order valence-electron chi connectivity index (χ4n) is 5.29. The summed E-state index contributed by atoms with van der Waals surface area (Å²) in [5.41, 5.74) is 3.06. The van der Waals surface area contributed by atoms with Gasteiger partial charge in [-0.1, -0.05) is 6.07 Å².